The van der Waals surface area contributed by atoms with E-state index in [1.54, 1.807) is 14.2 Å². The van der Waals surface area contributed by atoms with Crippen LogP contribution >= 0.6 is 27.7 Å². The average molecular weight is 524 g/mol. The van der Waals surface area contributed by atoms with Crippen molar-refractivity contribution in [3.05, 3.63) is 88.4 Å². The Morgan fingerprint density at radius 2 is 1.67 bits per heavy atom. The fourth-order valence-electron chi connectivity index (χ4n) is 3.34. The second-order valence-electron chi connectivity index (χ2n) is 7.17. The Kier molecular flexibility index (Phi) is 7.47. The van der Waals surface area contributed by atoms with Crippen molar-refractivity contribution in [2.24, 2.45) is 0 Å². The van der Waals surface area contributed by atoms with E-state index in [0.717, 1.165) is 15.6 Å². The Morgan fingerprint density at radius 1 is 0.939 bits per heavy atom. The molecule has 0 radical (unpaired) electrons. The number of benzene rings is 3. The number of rotatable bonds is 9. The third-order valence-corrected chi connectivity index (χ3v) is 6.54. The lowest BCUT2D eigenvalue weighted by atomic mass is 10.1. The van der Waals surface area contributed by atoms with Crippen LogP contribution in [-0.2, 0) is 6.54 Å². The molecule has 0 fully saturated rings. The van der Waals surface area contributed by atoms with Gasteiger partial charge in [0.15, 0.2) is 28.3 Å². The van der Waals surface area contributed by atoms with E-state index in [4.69, 9.17) is 9.47 Å². The highest BCUT2D eigenvalue weighted by Crippen LogP contribution is 2.33. The number of aromatic nitrogens is 3. The van der Waals surface area contributed by atoms with Gasteiger partial charge in [0.2, 0.25) is 0 Å². The number of carbonyl (C=O) groups excluding carboxylic acids is 1. The van der Waals surface area contributed by atoms with Crippen molar-refractivity contribution < 1.29 is 14.3 Å². The Labute approximate surface area is 205 Å². The molecule has 4 rings (SSSR count). The first-order valence-corrected chi connectivity index (χ1v) is 12.0. The molecule has 0 amide bonds. The molecule has 0 aliphatic carbocycles. The molecular formula is C25H22BrN3O3S. The van der Waals surface area contributed by atoms with Gasteiger partial charge in [0.1, 0.15) is 0 Å². The molecule has 0 unspecified atom stereocenters. The first-order chi connectivity index (χ1) is 16.1. The number of ketones is 1. The summed E-state index contributed by atoms with van der Waals surface area (Å²) in [5.74, 6) is 2.25. The summed E-state index contributed by atoms with van der Waals surface area (Å²) in [6.45, 7) is 0.576. The molecular weight excluding hydrogens is 502 g/mol. The first kappa shape index (κ1) is 23.1. The Hall–Kier alpha value is -3.10. The van der Waals surface area contributed by atoms with Gasteiger partial charge in [-0.2, -0.15) is 0 Å². The molecule has 0 saturated carbocycles. The number of hydrogen-bond acceptors (Lipinski definition) is 6. The number of hydrogen-bond donors (Lipinski definition) is 0. The minimum atomic E-state index is 0.0365. The zero-order valence-electron chi connectivity index (χ0n) is 18.2. The fourth-order valence-corrected chi connectivity index (χ4v) is 4.44. The number of Topliss-reactive ketones (excluding diaryl/α,β-unsaturated/α-hetero) is 1. The summed E-state index contributed by atoms with van der Waals surface area (Å²) >= 11 is 4.78. The summed E-state index contributed by atoms with van der Waals surface area (Å²) in [6.07, 6.45) is 0. The van der Waals surface area contributed by atoms with Crippen LogP contribution in [0.1, 0.15) is 15.9 Å². The number of methoxy groups -OCH3 is 2. The highest BCUT2D eigenvalue weighted by Gasteiger charge is 2.18. The average Bonchev–Trinajstić information content (AvgIpc) is 3.25. The van der Waals surface area contributed by atoms with E-state index in [2.05, 4.69) is 38.3 Å². The minimum Gasteiger partial charge on any atom is -0.493 e. The van der Waals surface area contributed by atoms with E-state index < -0.39 is 0 Å². The lowest BCUT2D eigenvalue weighted by Crippen LogP contribution is -2.07. The van der Waals surface area contributed by atoms with Crippen LogP contribution in [0.25, 0.3) is 11.4 Å². The van der Waals surface area contributed by atoms with Gasteiger partial charge in [-0.05, 0) is 35.9 Å². The van der Waals surface area contributed by atoms with Gasteiger partial charge in [-0.3, -0.25) is 9.36 Å². The molecule has 4 aromatic rings. The Balaban J connectivity index is 1.65. The van der Waals surface area contributed by atoms with Crippen LogP contribution in [0, 0.1) is 0 Å². The van der Waals surface area contributed by atoms with Crippen molar-refractivity contribution in [1.29, 1.82) is 0 Å². The maximum absolute atomic E-state index is 12.7. The molecule has 8 heteroatoms. The number of nitrogens with zero attached hydrogens (tertiary/aromatic N) is 3. The summed E-state index contributed by atoms with van der Waals surface area (Å²) in [6, 6.07) is 23.1. The molecule has 0 aliphatic rings. The lowest BCUT2D eigenvalue weighted by Gasteiger charge is -2.12. The number of ether oxygens (including phenoxy) is 2. The van der Waals surface area contributed by atoms with Gasteiger partial charge in [0, 0.05) is 15.6 Å². The normalized spacial score (nSPS) is 10.8. The summed E-state index contributed by atoms with van der Waals surface area (Å²) < 4.78 is 13.8. The maximum Gasteiger partial charge on any atom is 0.192 e. The van der Waals surface area contributed by atoms with Crippen LogP contribution in [-0.4, -0.2) is 40.5 Å². The smallest absolute Gasteiger partial charge is 0.192 e. The Bertz CT molecular complexity index is 1240. The van der Waals surface area contributed by atoms with E-state index in [0.29, 0.717) is 34.6 Å². The molecule has 0 bridgehead atoms. The van der Waals surface area contributed by atoms with Gasteiger partial charge >= 0.3 is 0 Å². The minimum absolute atomic E-state index is 0.0365. The zero-order chi connectivity index (χ0) is 23.2. The van der Waals surface area contributed by atoms with E-state index in [1.807, 2.05) is 65.2 Å². The van der Waals surface area contributed by atoms with Crippen LogP contribution in [0.2, 0.25) is 0 Å². The van der Waals surface area contributed by atoms with Gasteiger partial charge < -0.3 is 9.47 Å². The highest BCUT2D eigenvalue weighted by molar-refractivity contribution is 9.10. The van der Waals surface area contributed by atoms with Gasteiger partial charge in [0.05, 0.1) is 26.5 Å². The molecule has 0 aliphatic heterocycles. The first-order valence-electron chi connectivity index (χ1n) is 10.2. The predicted octanol–water partition coefficient (Wildman–Crippen LogP) is 5.75. The molecule has 1 aromatic heterocycles. The van der Waals surface area contributed by atoms with E-state index >= 15 is 0 Å². The van der Waals surface area contributed by atoms with E-state index in [9.17, 15) is 4.79 Å². The standard InChI is InChI=1S/C25H22BrN3O3S/c1-31-22-13-10-19(14-23(22)32-2)24-27-28-25(29(24)15-17-6-4-3-5-7-17)33-16-21(30)18-8-11-20(26)12-9-18/h3-14H,15-16H2,1-2H3. The van der Waals surface area contributed by atoms with Crippen LogP contribution in [0.15, 0.2) is 82.4 Å². The summed E-state index contributed by atoms with van der Waals surface area (Å²) in [7, 11) is 3.21. The van der Waals surface area contributed by atoms with Crippen molar-refractivity contribution in [3.8, 4) is 22.9 Å². The van der Waals surface area contributed by atoms with Gasteiger partial charge in [-0.1, -0.05) is 70.2 Å². The maximum atomic E-state index is 12.7. The van der Waals surface area contributed by atoms with Crippen LogP contribution in [0.3, 0.4) is 0 Å². The van der Waals surface area contributed by atoms with Crippen LogP contribution in [0.4, 0.5) is 0 Å². The molecule has 33 heavy (non-hydrogen) atoms. The largest absolute Gasteiger partial charge is 0.493 e. The van der Waals surface area contributed by atoms with Crippen molar-refractivity contribution in [1.82, 2.24) is 14.8 Å². The number of carbonyl (C=O) groups is 1. The molecule has 0 spiro atoms. The van der Waals surface area contributed by atoms with Crippen LogP contribution in [0.5, 0.6) is 11.5 Å². The SMILES string of the molecule is COc1ccc(-c2nnc(SCC(=O)c3ccc(Br)cc3)n2Cc2ccccc2)cc1OC. The lowest BCUT2D eigenvalue weighted by molar-refractivity contribution is 0.102. The van der Waals surface area contributed by atoms with Gasteiger partial charge in [-0.15, -0.1) is 10.2 Å². The molecule has 0 saturated heterocycles. The molecule has 0 atom stereocenters. The topological polar surface area (TPSA) is 66.2 Å². The van der Waals surface area contributed by atoms with Crippen molar-refractivity contribution >= 4 is 33.5 Å². The third-order valence-electron chi connectivity index (χ3n) is 5.04. The third kappa shape index (κ3) is 5.46. The monoisotopic (exact) mass is 523 g/mol. The molecule has 6 nitrogen and oxygen atoms in total. The van der Waals surface area contributed by atoms with E-state index in [-0.39, 0.29) is 11.5 Å². The summed E-state index contributed by atoms with van der Waals surface area (Å²) in [5.41, 5.74) is 2.63. The number of halogens is 1. The molecule has 3 aromatic carbocycles. The van der Waals surface area contributed by atoms with Crippen LogP contribution < -0.4 is 9.47 Å². The number of thioether (sulfide) groups is 1. The summed E-state index contributed by atoms with van der Waals surface area (Å²) in [5, 5.41) is 9.54. The summed E-state index contributed by atoms with van der Waals surface area (Å²) in [4.78, 5) is 12.7. The van der Waals surface area contributed by atoms with Gasteiger partial charge in [0.25, 0.3) is 0 Å². The molecule has 1 heterocycles. The van der Waals surface area contributed by atoms with Gasteiger partial charge in [-0.25, -0.2) is 0 Å². The Morgan fingerprint density at radius 3 is 2.36 bits per heavy atom. The highest BCUT2D eigenvalue weighted by atomic mass is 79.9. The molecule has 0 N–H and O–H groups in total. The van der Waals surface area contributed by atoms with Crippen molar-refractivity contribution in [2.45, 2.75) is 11.7 Å². The quantitative estimate of drug-likeness (QED) is 0.205. The second-order valence-corrected chi connectivity index (χ2v) is 9.02. The predicted molar refractivity (Wildman–Crippen MR) is 133 cm³/mol. The van der Waals surface area contributed by atoms with Crippen molar-refractivity contribution in [2.75, 3.05) is 20.0 Å². The van der Waals surface area contributed by atoms with E-state index in [1.165, 1.54) is 11.8 Å². The zero-order valence-corrected chi connectivity index (χ0v) is 20.6. The van der Waals surface area contributed by atoms with Crippen molar-refractivity contribution in [3.63, 3.8) is 0 Å². The second kappa shape index (κ2) is 10.7. The fraction of sp³-hybridized carbons (Fsp3) is 0.160. The molecule has 168 valence electrons.